The van der Waals surface area contributed by atoms with E-state index in [-0.39, 0.29) is 10.6 Å². The molecule has 34 heavy (non-hydrogen) atoms. The molecule has 0 aliphatic rings. The Kier molecular flexibility index (Phi) is 7.08. The lowest BCUT2D eigenvalue weighted by atomic mass is 9.92. The Hall–Kier alpha value is -2.72. The summed E-state index contributed by atoms with van der Waals surface area (Å²) in [6, 6.07) is 37.0. The van der Waals surface area contributed by atoms with Crippen molar-refractivity contribution < 1.29 is 4.43 Å². The zero-order valence-corrected chi connectivity index (χ0v) is 22.1. The minimum absolute atomic E-state index is 0.0103. The quantitative estimate of drug-likeness (QED) is 0.245. The molecule has 0 fully saturated rings. The molecule has 4 rings (SSSR count). The fraction of sp³-hybridized carbons (Fsp3) is 0.290. The number of nitrogens with one attached hydrogen (secondary N) is 1. The number of benzene rings is 4. The third-order valence-corrected chi connectivity index (χ3v) is 11.9. The summed E-state index contributed by atoms with van der Waals surface area (Å²) >= 11 is 0. The van der Waals surface area contributed by atoms with Crippen molar-refractivity contribution in [2.75, 3.05) is 13.2 Å². The highest BCUT2D eigenvalue weighted by molar-refractivity contribution is 6.99. The molecular formula is C31H37NOSi. The molecule has 0 aliphatic carbocycles. The van der Waals surface area contributed by atoms with Gasteiger partial charge in [-0.1, -0.05) is 118 Å². The second-order valence-electron chi connectivity index (χ2n) is 10.6. The number of hydrogen-bond acceptors (Lipinski definition) is 2. The van der Waals surface area contributed by atoms with E-state index in [2.05, 4.69) is 143 Å². The number of hydrogen-bond donors (Lipinski definition) is 1. The Morgan fingerprint density at radius 1 is 0.647 bits per heavy atom. The van der Waals surface area contributed by atoms with E-state index in [1.807, 2.05) is 0 Å². The third-order valence-electron chi connectivity index (χ3n) is 6.88. The fourth-order valence-electron chi connectivity index (χ4n) is 5.01. The monoisotopic (exact) mass is 467 g/mol. The fourth-order valence-corrected chi connectivity index (χ4v) is 9.57. The summed E-state index contributed by atoms with van der Waals surface area (Å²) < 4.78 is 7.04. The van der Waals surface area contributed by atoms with Crippen LogP contribution in [0.3, 0.4) is 0 Å². The summed E-state index contributed by atoms with van der Waals surface area (Å²) in [7, 11) is -2.50. The lowest BCUT2D eigenvalue weighted by Gasteiger charge is -2.43. The zero-order chi connectivity index (χ0) is 24.2. The Labute approximate surface area is 206 Å². The SMILES string of the molecule is CC(C)(NCCO[Si](c1ccccc1)(c1ccccc1)C(C)(C)C)c1ccc2ccccc2c1. The molecule has 0 spiro atoms. The first-order chi connectivity index (χ1) is 16.2. The maximum Gasteiger partial charge on any atom is 0.261 e. The van der Waals surface area contributed by atoms with Gasteiger partial charge in [0, 0.05) is 18.7 Å². The molecular weight excluding hydrogens is 430 g/mol. The van der Waals surface area contributed by atoms with Crippen molar-refractivity contribution in [2.45, 2.75) is 45.2 Å². The van der Waals surface area contributed by atoms with Crippen LogP contribution in [0, 0.1) is 0 Å². The molecule has 0 aliphatic heterocycles. The standard InChI is InChI=1S/C31H37NOSi/c1-30(2,3)34(28-16-8-6-9-17-28,29-18-10-7-11-19-29)33-23-22-32-31(4,5)27-21-20-25-14-12-13-15-26(25)24-27/h6-21,24,32H,22-23H2,1-5H3. The van der Waals surface area contributed by atoms with E-state index in [4.69, 9.17) is 4.43 Å². The van der Waals surface area contributed by atoms with Gasteiger partial charge in [0.2, 0.25) is 0 Å². The van der Waals surface area contributed by atoms with Crippen molar-refractivity contribution in [3.8, 4) is 0 Å². The van der Waals surface area contributed by atoms with Gasteiger partial charge >= 0.3 is 0 Å². The highest BCUT2D eigenvalue weighted by Gasteiger charge is 2.50. The molecule has 0 radical (unpaired) electrons. The van der Waals surface area contributed by atoms with Crippen molar-refractivity contribution in [3.05, 3.63) is 109 Å². The molecule has 0 heterocycles. The second kappa shape index (κ2) is 9.87. The molecule has 1 N–H and O–H groups in total. The first-order valence-electron chi connectivity index (χ1n) is 12.2. The average molecular weight is 468 g/mol. The van der Waals surface area contributed by atoms with Gasteiger partial charge in [-0.15, -0.1) is 0 Å². The number of fused-ring (bicyclic) bond motifs is 1. The number of rotatable bonds is 8. The molecule has 2 nitrogen and oxygen atoms in total. The van der Waals surface area contributed by atoms with Crippen LogP contribution in [0.2, 0.25) is 5.04 Å². The highest BCUT2D eigenvalue weighted by Crippen LogP contribution is 2.36. The Balaban J connectivity index is 1.56. The largest absolute Gasteiger partial charge is 0.406 e. The van der Waals surface area contributed by atoms with E-state index in [1.165, 1.54) is 26.7 Å². The molecule has 0 unspecified atom stereocenters. The van der Waals surface area contributed by atoms with Crippen LogP contribution in [0.5, 0.6) is 0 Å². The van der Waals surface area contributed by atoms with Crippen LogP contribution in [0.15, 0.2) is 103 Å². The van der Waals surface area contributed by atoms with Crippen molar-refractivity contribution in [2.24, 2.45) is 0 Å². The van der Waals surface area contributed by atoms with Crippen molar-refractivity contribution >= 4 is 29.5 Å². The van der Waals surface area contributed by atoms with Gasteiger partial charge in [0.05, 0.1) is 0 Å². The van der Waals surface area contributed by atoms with Crippen LogP contribution in [0.1, 0.15) is 40.2 Å². The van der Waals surface area contributed by atoms with Gasteiger partial charge in [-0.3, -0.25) is 0 Å². The van der Waals surface area contributed by atoms with Gasteiger partial charge in [-0.25, -0.2) is 0 Å². The van der Waals surface area contributed by atoms with E-state index in [0.717, 1.165) is 6.54 Å². The zero-order valence-electron chi connectivity index (χ0n) is 21.1. The molecule has 176 valence electrons. The highest BCUT2D eigenvalue weighted by atomic mass is 28.4. The van der Waals surface area contributed by atoms with Gasteiger partial charge in [0.15, 0.2) is 0 Å². The van der Waals surface area contributed by atoms with Gasteiger partial charge in [-0.2, -0.15) is 0 Å². The predicted octanol–water partition coefficient (Wildman–Crippen LogP) is 6.24. The first-order valence-corrected chi connectivity index (χ1v) is 14.1. The van der Waals surface area contributed by atoms with Crippen LogP contribution in [0.25, 0.3) is 10.8 Å². The van der Waals surface area contributed by atoms with Gasteiger partial charge in [-0.05, 0) is 51.7 Å². The predicted molar refractivity (Wildman–Crippen MR) is 149 cm³/mol. The van der Waals surface area contributed by atoms with Crippen LogP contribution in [-0.2, 0) is 9.96 Å². The van der Waals surface area contributed by atoms with Crippen LogP contribution < -0.4 is 15.7 Å². The smallest absolute Gasteiger partial charge is 0.261 e. The Morgan fingerprint density at radius 3 is 1.74 bits per heavy atom. The molecule has 0 amide bonds. The maximum atomic E-state index is 7.04. The average Bonchev–Trinajstić information content (AvgIpc) is 2.84. The summed E-state index contributed by atoms with van der Waals surface area (Å²) in [5.74, 6) is 0. The molecule has 0 atom stereocenters. The summed E-state index contributed by atoms with van der Waals surface area (Å²) in [6.07, 6.45) is 0. The Bertz CT molecular complexity index is 1170. The summed E-state index contributed by atoms with van der Waals surface area (Å²) in [5, 5.41) is 8.95. The Morgan fingerprint density at radius 2 is 1.18 bits per heavy atom. The molecule has 0 saturated carbocycles. The summed E-state index contributed by atoms with van der Waals surface area (Å²) in [6.45, 7) is 12.9. The minimum Gasteiger partial charge on any atom is -0.406 e. The third kappa shape index (κ3) is 4.88. The van der Waals surface area contributed by atoms with Crippen LogP contribution in [-0.4, -0.2) is 21.5 Å². The normalized spacial score (nSPS) is 12.7. The second-order valence-corrected chi connectivity index (χ2v) is 14.9. The van der Waals surface area contributed by atoms with Gasteiger partial charge in [0.1, 0.15) is 0 Å². The molecule has 0 bridgehead atoms. The van der Waals surface area contributed by atoms with E-state index in [1.54, 1.807) is 0 Å². The lowest BCUT2D eigenvalue weighted by Crippen LogP contribution is -2.67. The van der Waals surface area contributed by atoms with Crippen LogP contribution in [0.4, 0.5) is 0 Å². The van der Waals surface area contributed by atoms with Gasteiger partial charge in [0.25, 0.3) is 8.32 Å². The molecule has 4 aromatic carbocycles. The van der Waals surface area contributed by atoms with Crippen molar-refractivity contribution in [3.63, 3.8) is 0 Å². The van der Waals surface area contributed by atoms with E-state index < -0.39 is 8.32 Å². The van der Waals surface area contributed by atoms with Crippen LogP contribution >= 0.6 is 0 Å². The topological polar surface area (TPSA) is 21.3 Å². The van der Waals surface area contributed by atoms with Crippen molar-refractivity contribution in [1.29, 1.82) is 0 Å². The molecule has 0 aromatic heterocycles. The van der Waals surface area contributed by atoms with E-state index in [0.29, 0.717) is 6.61 Å². The van der Waals surface area contributed by atoms with Crippen molar-refractivity contribution in [1.82, 2.24) is 5.32 Å². The molecule has 4 aromatic rings. The summed E-state index contributed by atoms with van der Waals surface area (Å²) in [5.41, 5.74) is 1.13. The summed E-state index contributed by atoms with van der Waals surface area (Å²) in [4.78, 5) is 0. The maximum absolute atomic E-state index is 7.04. The van der Waals surface area contributed by atoms with E-state index in [9.17, 15) is 0 Å². The first kappa shape index (κ1) is 24.4. The van der Waals surface area contributed by atoms with E-state index >= 15 is 0 Å². The van der Waals surface area contributed by atoms with Gasteiger partial charge < -0.3 is 9.74 Å². The lowest BCUT2D eigenvalue weighted by molar-refractivity contribution is 0.271. The molecule has 3 heteroatoms. The minimum atomic E-state index is -2.50. The molecule has 0 saturated heterocycles.